The molecule has 0 radical (unpaired) electrons. The van der Waals surface area contributed by atoms with Gasteiger partial charge < -0.3 is 19.8 Å². The van der Waals surface area contributed by atoms with Gasteiger partial charge in [0, 0.05) is 37.0 Å². The van der Waals surface area contributed by atoms with E-state index >= 15 is 0 Å². The normalized spacial score (nSPS) is 15.7. The average molecular weight is 736 g/mol. The summed E-state index contributed by atoms with van der Waals surface area (Å²) in [5.74, 6) is 1.82. The number of amides is 2. The number of benzene rings is 2. The van der Waals surface area contributed by atoms with E-state index in [9.17, 15) is 9.18 Å². The highest BCUT2D eigenvalue weighted by molar-refractivity contribution is 6.99. The van der Waals surface area contributed by atoms with Gasteiger partial charge >= 0.3 is 6.03 Å². The maximum absolute atomic E-state index is 14.3. The molecule has 2 aliphatic rings. The maximum atomic E-state index is 14.3. The van der Waals surface area contributed by atoms with Crippen LogP contribution >= 0.6 is 0 Å². The number of nitrogens with two attached hydrogens (primary N) is 1. The summed E-state index contributed by atoms with van der Waals surface area (Å²) < 4.78 is 30.8. The fraction of sp³-hybridized carbons (Fsp3) is 0.308. The Morgan fingerprint density at radius 1 is 0.981 bits per heavy atom. The van der Waals surface area contributed by atoms with Crippen LogP contribution in [-0.2, 0) is 11.0 Å². The summed E-state index contributed by atoms with van der Waals surface area (Å²) in [6.45, 7) is 9.21. The van der Waals surface area contributed by atoms with Gasteiger partial charge in [-0.15, -0.1) is 0 Å². The number of primary amides is 1. The molecule has 5 aromatic rings. The van der Waals surface area contributed by atoms with E-state index in [1.165, 1.54) is 33.9 Å². The van der Waals surface area contributed by atoms with Crippen LogP contribution in [0.1, 0.15) is 45.2 Å². The van der Waals surface area contributed by atoms with Crippen molar-refractivity contribution in [3.8, 4) is 11.7 Å². The van der Waals surface area contributed by atoms with Crippen molar-refractivity contribution in [2.45, 2.75) is 51.2 Å². The number of aromatic nitrogens is 5. The number of anilines is 1. The lowest BCUT2D eigenvalue weighted by Crippen LogP contribution is -2.66. The molecular weight excluding hydrogens is 690 g/mol. The Hall–Kier alpha value is -5.60. The Morgan fingerprint density at radius 2 is 1.66 bits per heavy atom. The van der Waals surface area contributed by atoms with Gasteiger partial charge in [0.1, 0.15) is 11.6 Å². The number of ether oxygens (including phenoxy) is 1. The lowest BCUT2D eigenvalue weighted by atomic mass is 10.1. The molecule has 276 valence electrons. The number of halogens is 1. The smallest absolute Gasteiger partial charge is 0.320 e. The number of nitrogens with zero attached hydrogens (tertiary/aromatic N) is 8. The highest BCUT2D eigenvalue weighted by Gasteiger charge is 2.50. The molecule has 53 heavy (non-hydrogen) atoms. The highest BCUT2D eigenvalue weighted by Crippen LogP contribution is 2.40. The quantitative estimate of drug-likeness (QED) is 0.189. The van der Waals surface area contributed by atoms with Gasteiger partial charge in [0.2, 0.25) is 5.88 Å². The number of aliphatic imine (C=N–C) groups is 1. The van der Waals surface area contributed by atoms with E-state index in [1.54, 1.807) is 31.8 Å². The third-order valence-electron chi connectivity index (χ3n) is 9.50. The Balaban J connectivity index is 0.000000468. The van der Waals surface area contributed by atoms with Crippen molar-refractivity contribution in [1.29, 1.82) is 0 Å². The summed E-state index contributed by atoms with van der Waals surface area (Å²) >= 11 is 0. The van der Waals surface area contributed by atoms with E-state index in [4.69, 9.17) is 20.0 Å². The summed E-state index contributed by atoms with van der Waals surface area (Å²) in [7, 11) is -1.11. The summed E-state index contributed by atoms with van der Waals surface area (Å²) in [6, 6.07) is 26.3. The first-order chi connectivity index (χ1) is 25.6. The minimum Gasteiger partial charge on any atom is -0.481 e. The number of methoxy groups -OCH3 is 1. The monoisotopic (exact) mass is 735 g/mol. The van der Waals surface area contributed by atoms with Crippen molar-refractivity contribution in [2.24, 2.45) is 10.7 Å². The van der Waals surface area contributed by atoms with Crippen molar-refractivity contribution in [2.75, 3.05) is 31.7 Å². The highest BCUT2D eigenvalue weighted by atomic mass is 28.4. The molecule has 14 heteroatoms. The summed E-state index contributed by atoms with van der Waals surface area (Å²) in [5.41, 5.74) is 5.67. The van der Waals surface area contributed by atoms with Crippen LogP contribution in [0, 0.1) is 5.82 Å². The molecule has 3 aromatic heterocycles. The zero-order chi connectivity index (χ0) is 37.4. The van der Waals surface area contributed by atoms with Crippen LogP contribution in [-0.4, -0.2) is 76.9 Å². The minimum absolute atomic E-state index is 0.0848. The Bertz CT molecular complexity index is 1990. The number of hydrogen-bond donors (Lipinski definition) is 1. The van der Waals surface area contributed by atoms with Crippen molar-refractivity contribution in [3.63, 3.8) is 0 Å². The second kappa shape index (κ2) is 16.4. The Kier molecular flexibility index (Phi) is 11.5. The molecular formula is C39H46FN9O3Si. The molecule has 2 aliphatic heterocycles. The predicted octanol–water partition coefficient (Wildman–Crippen LogP) is 5.45. The maximum Gasteiger partial charge on any atom is 0.320 e. The molecule has 0 saturated carbocycles. The third-order valence-corrected chi connectivity index (χ3v) is 14.5. The van der Waals surface area contributed by atoms with Crippen molar-refractivity contribution >= 4 is 36.9 Å². The zero-order valence-corrected chi connectivity index (χ0v) is 31.5. The molecule has 7 rings (SSSR count). The lowest BCUT2D eigenvalue weighted by Gasteiger charge is -2.43. The van der Waals surface area contributed by atoms with Gasteiger partial charge in [-0.3, -0.25) is 4.90 Å². The summed E-state index contributed by atoms with van der Waals surface area (Å²) in [4.78, 5) is 21.8. The SMILES string of the molecule is COc1ncc(F)cc1[C@H]1CCCN1c1ccnn1-c1ccnn1CCO[Si](c1ccccc1)(c1ccccc1)C(C)(C)C.NC(=O)N1C=NC=CC1. The van der Waals surface area contributed by atoms with Crippen LogP contribution in [0.4, 0.5) is 15.0 Å². The largest absolute Gasteiger partial charge is 0.481 e. The number of hydrogen-bond acceptors (Lipinski definition) is 8. The standard InChI is InChI=1S/C34H39FN6O2Si.C5H7N3O/c1-34(2,3)44(27-12-7-5-8-13-27,28-14-9-6-10-15-28)43-23-22-40-32(18-19-37-40)41-31(17-20-38-41)39-21-11-16-30(39)29-24-26(35)25-36-33(29)42-4;6-5(9)8-3-1-2-7-4-8/h5-10,12-15,17-20,24-25,30H,11,16,21-23H2,1-4H3;1-2,4H,3H2,(H2,6,9)/t30-;/m1./s1. The fourth-order valence-electron chi connectivity index (χ4n) is 7.17. The molecule has 0 aliphatic carbocycles. The van der Waals surface area contributed by atoms with Crippen LogP contribution in [0.15, 0.2) is 115 Å². The molecule has 0 spiro atoms. The molecule has 0 bridgehead atoms. The van der Waals surface area contributed by atoms with Gasteiger partial charge in [-0.25, -0.2) is 23.8 Å². The van der Waals surface area contributed by atoms with Gasteiger partial charge in [-0.2, -0.15) is 14.9 Å². The van der Waals surface area contributed by atoms with Gasteiger partial charge in [-0.1, -0.05) is 81.4 Å². The Morgan fingerprint density at radius 3 is 2.26 bits per heavy atom. The van der Waals surface area contributed by atoms with Gasteiger partial charge in [0.25, 0.3) is 8.32 Å². The van der Waals surface area contributed by atoms with Crippen molar-refractivity contribution in [3.05, 3.63) is 121 Å². The molecule has 2 amide bonds. The molecule has 12 nitrogen and oxygen atoms in total. The lowest BCUT2D eigenvalue weighted by molar-refractivity contribution is 0.233. The Labute approximate surface area is 310 Å². The predicted molar refractivity (Wildman–Crippen MR) is 207 cm³/mol. The van der Waals surface area contributed by atoms with E-state index in [0.717, 1.165) is 36.6 Å². The van der Waals surface area contributed by atoms with Crippen molar-refractivity contribution < 1.29 is 18.3 Å². The second-order valence-corrected chi connectivity index (χ2v) is 18.1. The van der Waals surface area contributed by atoms with Crippen LogP contribution < -0.4 is 25.7 Å². The van der Waals surface area contributed by atoms with Gasteiger partial charge in [0.15, 0.2) is 5.82 Å². The van der Waals surface area contributed by atoms with E-state index in [1.807, 2.05) is 21.5 Å². The number of urea groups is 1. The topological polar surface area (TPSA) is 129 Å². The van der Waals surface area contributed by atoms with Crippen LogP contribution in [0.25, 0.3) is 5.82 Å². The molecule has 2 aromatic carbocycles. The molecule has 0 unspecified atom stereocenters. The summed E-state index contributed by atoms with van der Waals surface area (Å²) in [6.07, 6.45) is 11.4. The third kappa shape index (κ3) is 7.93. The van der Waals surface area contributed by atoms with Crippen molar-refractivity contribution in [1.82, 2.24) is 29.4 Å². The first kappa shape index (κ1) is 37.2. The molecule has 1 atom stereocenters. The van der Waals surface area contributed by atoms with E-state index in [-0.39, 0.29) is 16.9 Å². The zero-order valence-electron chi connectivity index (χ0n) is 30.5. The number of carbonyl (C=O) groups is 1. The first-order valence-electron chi connectivity index (χ1n) is 17.7. The minimum atomic E-state index is -2.68. The summed E-state index contributed by atoms with van der Waals surface area (Å²) in [5, 5.41) is 11.8. The van der Waals surface area contributed by atoms with E-state index in [0.29, 0.717) is 25.6 Å². The molecule has 2 N–H and O–H groups in total. The average Bonchev–Trinajstić information content (AvgIpc) is 3.95. The second-order valence-electron chi connectivity index (χ2n) is 13.8. The molecule has 1 saturated heterocycles. The first-order valence-corrected chi connectivity index (χ1v) is 19.6. The number of carbonyl (C=O) groups excluding carboxylic acids is 1. The van der Waals surface area contributed by atoms with E-state index in [2.05, 4.69) is 101 Å². The fourth-order valence-corrected chi connectivity index (χ4v) is 11.7. The number of pyridine rings is 1. The molecule has 1 fully saturated rings. The number of rotatable bonds is 10. The van der Waals surface area contributed by atoms with Crippen LogP contribution in [0.2, 0.25) is 5.04 Å². The molecule has 5 heterocycles. The van der Waals surface area contributed by atoms with E-state index < -0.39 is 14.3 Å². The van der Waals surface area contributed by atoms with Gasteiger partial charge in [-0.05, 0) is 40.4 Å². The van der Waals surface area contributed by atoms with Crippen LogP contribution in [0.5, 0.6) is 5.88 Å². The van der Waals surface area contributed by atoms with Gasteiger partial charge in [0.05, 0.1) is 51.2 Å². The van der Waals surface area contributed by atoms with Crippen LogP contribution in [0.3, 0.4) is 0 Å².